The highest BCUT2D eigenvalue weighted by molar-refractivity contribution is 5.85. The molecule has 0 aliphatic heterocycles. The van der Waals surface area contributed by atoms with Crippen LogP contribution in [0.1, 0.15) is 33.6 Å². The second-order valence-corrected chi connectivity index (χ2v) is 5.31. The minimum Gasteiger partial charge on any atom is -0.481 e. The van der Waals surface area contributed by atoms with Crippen molar-refractivity contribution in [2.24, 2.45) is 0 Å². The van der Waals surface area contributed by atoms with Crippen molar-refractivity contribution in [3.63, 3.8) is 0 Å². The number of hydrogen-bond donors (Lipinski definition) is 2. The Bertz CT molecular complexity index is 358. The van der Waals surface area contributed by atoms with Crippen molar-refractivity contribution < 1.29 is 19.5 Å². The number of amides is 2. The molecule has 7 nitrogen and oxygen atoms in total. The number of carbonyl (C=O) groups is 3. The zero-order valence-electron chi connectivity index (χ0n) is 13.4. The predicted molar refractivity (Wildman–Crippen MR) is 79.9 cm³/mol. The van der Waals surface area contributed by atoms with Gasteiger partial charge in [-0.3, -0.25) is 19.3 Å². The molecular formula is C14H27N3O4. The molecule has 21 heavy (non-hydrogen) atoms. The van der Waals surface area contributed by atoms with Gasteiger partial charge in [0.1, 0.15) is 0 Å². The first-order valence-electron chi connectivity index (χ1n) is 7.24. The molecule has 0 atom stereocenters. The smallest absolute Gasteiger partial charge is 0.304 e. The molecule has 2 N–H and O–H groups in total. The Morgan fingerprint density at radius 2 is 1.81 bits per heavy atom. The molecule has 0 spiro atoms. The van der Waals surface area contributed by atoms with Gasteiger partial charge in [-0.25, -0.2) is 0 Å². The normalized spacial score (nSPS) is 10.8. The number of carbonyl (C=O) groups excluding carboxylic acids is 2. The fourth-order valence-electron chi connectivity index (χ4n) is 1.68. The van der Waals surface area contributed by atoms with Crippen molar-refractivity contribution >= 4 is 17.8 Å². The second kappa shape index (κ2) is 10.1. The summed E-state index contributed by atoms with van der Waals surface area (Å²) in [4.78, 5) is 37.4. The molecule has 0 saturated carbocycles. The Morgan fingerprint density at radius 3 is 2.29 bits per heavy atom. The van der Waals surface area contributed by atoms with Gasteiger partial charge in [-0.2, -0.15) is 0 Å². The van der Waals surface area contributed by atoms with Gasteiger partial charge in [0, 0.05) is 26.2 Å². The van der Waals surface area contributed by atoms with E-state index in [0.717, 1.165) is 6.42 Å². The largest absolute Gasteiger partial charge is 0.481 e. The van der Waals surface area contributed by atoms with Gasteiger partial charge >= 0.3 is 5.97 Å². The number of carboxylic acids is 1. The number of aliphatic carboxylic acids is 1. The van der Waals surface area contributed by atoms with E-state index in [1.165, 1.54) is 4.90 Å². The van der Waals surface area contributed by atoms with Crippen LogP contribution in [0.3, 0.4) is 0 Å². The van der Waals surface area contributed by atoms with Crippen molar-refractivity contribution in [3.8, 4) is 0 Å². The van der Waals surface area contributed by atoms with Gasteiger partial charge < -0.3 is 15.3 Å². The molecule has 0 aromatic rings. The average molecular weight is 301 g/mol. The summed E-state index contributed by atoms with van der Waals surface area (Å²) in [5, 5.41) is 11.4. The Labute approximate surface area is 126 Å². The lowest BCUT2D eigenvalue weighted by atomic mass is 10.2. The van der Waals surface area contributed by atoms with Gasteiger partial charge in [-0.05, 0) is 20.3 Å². The van der Waals surface area contributed by atoms with Crippen LogP contribution < -0.4 is 5.32 Å². The summed E-state index contributed by atoms with van der Waals surface area (Å²) in [5.74, 6) is -1.27. The van der Waals surface area contributed by atoms with Crippen LogP contribution in [0, 0.1) is 0 Å². The number of rotatable bonds is 10. The Morgan fingerprint density at radius 1 is 1.19 bits per heavy atom. The molecule has 0 heterocycles. The summed E-state index contributed by atoms with van der Waals surface area (Å²) in [6.07, 6.45) is 0.839. The van der Waals surface area contributed by atoms with Crippen LogP contribution in [-0.4, -0.2) is 72.0 Å². The van der Waals surface area contributed by atoms with E-state index in [-0.39, 0.29) is 37.4 Å². The van der Waals surface area contributed by atoms with Gasteiger partial charge in [-0.1, -0.05) is 6.92 Å². The third-order valence-electron chi connectivity index (χ3n) is 3.06. The Balaban J connectivity index is 4.33. The molecule has 0 aliphatic carbocycles. The summed E-state index contributed by atoms with van der Waals surface area (Å²) in [6, 6.07) is 0.0654. The maximum Gasteiger partial charge on any atom is 0.304 e. The fraction of sp³-hybridized carbons (Fsp3) is 0.786. The van der Waals surface area contributed by atoms with Crippen LogP contribution in [0.15, 0.2) is 0 Å². The van der Waals surface area contributed by atoms with E-state index in [2.05, 4.69) is 5.32 Å². The minimum absolute atomic E-state index is 0.00778. The van der Waals surface area contributed by atoms with E-state index in [0.29, 0.717) is 13.1 Å². The zero-order valence-corrected chi connectivity index (χ0v) is 13.4. The highest BCUT2D eigenvalue weighted by Gasteiger charge is 2.19. The first-order chi connectivity index (χ1) is 9.77. The molecule has 0 fully saturated rings. The van der Waals surface area contributed by atoms with Crippen LogP contribution in [0.25, 0.3) is 0 Å². The predicted octanol–water partition coefficient (Wildman–Crippen LogP) is 0.156. The summed E-state index contributed by atoms with van der Waals surface area (Å²) in [5.41, 5.74) is 0. The van der Waals surface area contributed by atoms with E-state index < -0.39 is 5.97 Å². The van der Waals surface area contributed by atoms with Gasteiger partial charge in [0.05, 0.1) is 19.5 Å². The van der Waals surface area contributed by atoms with E-state index in [4.69, 9.17) is 5.11 Å². The quantitative estimate of drug-likeness (QED) is 0.600. The second-order valence-electron chi connectivity index (χ2n) is 5.31. The van der Waals surface area contributed by atoms with Crippen molar-refractivity contribution in [2.45, 2.75) is 39.7 Å². The molecule has 0 saturated heterocycles. The number of hydrogen-bond acceptors (Lipinski definition) is 4. The minimum atomic E-state index is -0.889. The summed E-state index contributed by atoms with van der Waals surface area (Å²) in [7, 11) is 1.57. The molecule has 0 bridgehead atoms. The Hall–Kier alpha value is -1.63. The van der Waals surface area contributed by atoms with E-state index >= 15 is 0 Å². The SMILES string of the molecule is CCCNC(=O)CN(C)C(=O)CN(CCC(=O)O)C(C)C. The standard InChI is InChI=1S/C14H27N3O4/c1-5-7-15-12(18)9-16(4)13(19)10-17(11(2)3)8-6-14(20)21/h11H,5-10H2,1-4H3,(H,15,18)(H,20,21). The number of nitrogens with zero attached hydrogens (tertiary/aromatic N) is 2. The lowest BCUT2D eigenvalue weighted by molar-refractivity contribution is -0.139. The molecule has 0 aromatic heterocycles. The van der Waals surface area contributed by atoms with E-state index in [1.54, 1.807) is 11.9 Å². The fourth-order valence-corrected chi connectivity index (χ4v) is 1.68. The summed E-state index contributed by atoms with van der Waals surface area (Å²) in [6.45, 7) is 6.81. The highest BCUT2D eigenvalue weighted by Crippen LogP contribution is 2.01. The molecule has 0 radical (unpaired) electrons. The number of nitrogens with one attached hydrogen (secondary N) is 1. The van der Waals surface area contributed by atoms with Gasteiger partial charge in [0.15, 0.2) is 0 Å². The maximum atomic E-state index is 12.1. The molecule has 0 aliphatic rings. The lowest BCUT2D eigenvalue weighted by Crippen LogP contribution is -2.45. The number of carboxylic acid groups (broad SMARTS) is 1. The average Bonchev–Trinajstić information content (AvgIpc) is 2.40. The van der Waals surface area contributed by atoms with Crippen molar-refractivity contribution in [1.82, 2.24) is 15.1 Å². The first-order valence-corrected chi connectivity index (χ1v) is 7.24. The molecule has 122 valence electrons. The third kappa shape index (κ3) is 9.01. The van der Waals surface area contributed by atoms with Crippen LogP contribution in [0.4, 0.5) is 0 Å². The highest BCUT2D eigenvalue weighted by atomic mass is 16.4. The summed E-state index contributed by atoms with van der Waals surface area (Å²) >= 11 is 0. The summed E-state index contributed by atoms with van der Waals surface area (Å²) < 4.78 is 0. The van der Waals surface area contributed by atoms with Crippen molar-refractivity contribution in [3.05, 3.63) is 0 Å². The first kappa shape index (κ1) is 19.4. The number of likely N-dealkylation sites (N-methyl/N-ethyl adjacent to an activating group) is 1. The van der Waals surface area contributed by atoms with E-state index in [9.17, 15) is 14.4 Å². The molecule has 0 unspecified atom stereocenters. The van der Waals surface area contributed by atoms with Crippen molar-refractivity contribution in [1.29, 1.82) is 0 Å². The molecule has 2 amide bonds. The van der Waals surface area contributed by atoms with Gasteiger partial charge in [0.25, 0.3) is 0 Å². The monoisotopic (exact) mass is 301 g/mol. The van der Waals surface area contributed by atoms with Crippen LogP contribution in [0.5, 0.6) is 0 Å². The third-order valence-corrected chi connectivity index (χ3v) is 3.06. The van der Waals surface area contributed by atoms with Gasteiger partial charge in [0.2, 0.25) is 11.8 Å². The van der Waals surface area contributed by atoms with E-state index in [1.807, 2.05) is 20.8 Å². The maximum absolute atomic E-state index is 12.1. The molecule has 7 heteroatoms. The molecule has 0 aromatic carbocycles. The lowest BCUT2D eigenvalue weighted by Gasteiger charge is -2.27. The van der Waals surface area contributed by atoms with Crippen LogP contribution >= 0.6 is 0 Å². The molecular weight excluding hydrogens is 274 g/mol. The Kier molecular flexibility index (Phi) is 9.36. The van der Waals surface area contributed by atoms with Crippen LogP contribution in [-0.2, 0) is 14.4 Å². The zero-order chi connectivity index (χ0) is 16.4. The van der Waals surface area contributed by atoms with Crippen molar-refractivity contribution in [2.75, 3.05) is 33.2 Å². The van der Waals surface area contributed by atoms with Crippen LogP contribution in [0.2, 0.25) is 0 Å². The topological polar surface area (TPSA) is 90.0 Å². The van der Waals surface area contributed by atoms with Gasteiger partial charge in [-0.15, -0.1) is 0 Å². The molecule has 0 rings (SSSR count).